The van der Waals surface area contributed by atoms with Gasteiger partial charge in [0.15, 0.2) is 0 Å². The lowest BCUT2D eigenvalue weighted by Gasteiger charge is -2.05. The van der Waals surface area contributed by atoms with Crippen molar-refractivity contribution >= 4 is 0 Å². The number of nitrogens with zero attached hydrogens (tertiary/aromatic N) is 4. The van der Waals surface area contributed by atoms with Crippen molar-refractivity contribution in [2.75, 3.05) is 0 Å². The SMILES string of the molecule is Cc1cnc(-c2noc([C@H](N)Cc3ccccc3)n2)nc1. The normalized spacial score (nSPS) is 12.3. The van der Waals surface area contributed by atoms with Crippen LogP contribution in [0.2, 0.25) is 0 Å². The van der Waals surface area contributed by atoms with Crippen molar-refractivity contribution < 1.29 is 4.52 Å². The Balaban J connectivity index is 1.76. The maximum atomic E-state index is 6.11. The van der Waals surface area contributed by atoms with E-state index in [9.17, 15) is 0 Å². The largest absolute Gasteiger partial charge is 0.337 e. The Morgan fingerprint density at radius 3 is 2.52 bits per heavy atom. The molecule has 0 saturated carbocycles. The Kier molecular flexibility index (Phi) is 3.70. The molecule has 0 spiro atoms. The van der Waals surface area contributed by atoms with E-state index in [1.54, 1.807) is 12.4 Å². The lowest BCUT2D eigenvalue weighted by Crippen LogP contribution is -2.13. The van der Waals surface area contributed by atoms with Crippen LogP contribution in [-0.2, 0) is 6.42 Å². The smallest absolute Gasteiger partial charge is 0.244 e. The lowest BCUT2D eigenvalue weighted by atomic mass is 10.1. The van der Waals surface area contributed by atoms with Gasteiger partial charge >= 0.3 is 0 Å². The van der Waals surface area contributed by atoms with Crippen LogP contribution in [0.4, 0.5) is 0 Å². The van der Waals surface area contributed by atoms with E-state index in [1.807, 2.05) is 37.3 Å². The summed E-state index contributed by atoms with van der Waals surface area (Å²) in [5, 5.41) is 3.89. The number of aryl methyl sites for hydroxylation is 1. The Hall–Kier alpha value is -2.60. The van der Waals surface area contributed by atoms with E-state index >= 15 is 0 Å². The molecule has 6 heteroatoms. The van der Waals surface area contributed by atoms with Crippen molar-refractivity contribution in [2.24, 2.45) is 5.73 Å². The molecule has 1 atom stereocenters. The zero-order valence-corrected chi connectivity index (χ0v) is 11.6. The first-order chi connectivity index (χ1) is 10.2. The van der Waals surface area contributed by atoms with E-state index < -0.39 is 0 Å². The highest BCUT2D eigenvalue weighted by Crippen LogP contribution is 2.17. The molecule has 2 heterocycles. The van der Waals surface area contributed by atoms with Crippen LogP contribution in [0.25, 0.3) is 11.6 Å². The van der Waals surface area contributed by atoms with Crippen molar-refractivity contribution in [3.8, 4) is 11.6 Å². The molecule has 3 rings (SSSR count). The van der Waals surface area contributed by atoms with E-state index in [1.165, 1.54) is 0 Å². The minimum Gasteiger partial charge on any atom is -0.337 e. The number of rotatable bonds is 4. The third-order valence-corrected chi connectivity index (χ3v) is 3.04. The van der Waals surface area contributed by atoms with Gasteiger partial charge in [-0.3, -0.25) is 0 Å². The minimum absolute atomic E-state index is 0.348. The maximum Gasteiger partial charge on any atom is 0.244 e. The van der Waals surface area contributed by atoms with Gasteiger partial charge in [0, 0.05) is 12.4 Å². The van der Waals surface area contributed by atoms with Gasteiger partial charge in [-0.1, -0.05) is 35.5 Å². The van der Waals surface area contributed by atoms with Gasteiger partial charge in [-0.25, -0.2) is 9.97 Å². The third kappa shape index (κ3) is 3.11. The summed E-state index contributed by atoms with van der Waals surface area (Å²) in [7, 11) is 0. The predicted octanol–water partition coefficient (Wildman–Crippen LogP) is 2.08. The Bertz CT molecular complexity index is 708. The molecule has 6 nitrogen and oxygen atoms in total. The highest BCUT2D eigenvalue weighted by Gasteiger charge is 2.17. The molecule has 2 aromatic heterocycles. The molecule has 0 amide bonds. The fourth-order valence-electron chi connectivity index (χ4n) is 1.94. The van der Waals surface area contributed by atoms with Gasteiger partial charge < -0.3 is 10.3 Å². The van der Waals surface area contributed by atoms with E-state index in [4.69, 9.17) is 10.3 Å². The first-order valence-corrected chi connectivity index (χ1v) is 6.64. The van der Waals surface area contributed by atoms with Gasteiger partial charge in [0.25, 0.3) is 0 Å². The Morgan fingerprint density at radius 2 is 1.81 bits per heavy atom. The van der Waals surface area contributed by atoms with Crippen molar-refractivity contribution in [2.45, 2.75) is 19.4 Å². The van der Waals surface area contributed by atoms with E-state index in [0.29, 0.717) is 24.0 Å². The van der Waals surface area contributed by atoms with Gasteiger partial charge in [0.1, 0.15) is 0 Å². The quantitative estimate of drug-likeness (QED) is 0.787. The second kappa shape index (κ2) is 5.80. The van der Waals surface area contributed by atoms with E-state index in [2.05, 4.69) is 20.1 Å². The van der Waals surface area contributed by atoms with E-state index in [0.717, 1.165) is 11.1 Å². The molecule has 0 radical (unpaired) electrons. The van der Waals surface area contributed by atoms with Crippen LogP contribution in [0.1, 0.15) is 23.1 Å². The number of aromatic nitrogens is 4. The van der Waals surface area contributed by atoms with Crippen LogP contribution in [0.5, 0.6) is 0 Å². The fourth-order valence-corrected chi connectivity index (χ4v) is 1.94. The molecule has 2 N–H and O–H groups in total. The average molecular weight is 281 g/mol. The molecule has 0 fully saturated rings. The summed E-state index contributed by atoms with van der Waals surface area (Å²) >= 11 is 0. The summed E-state index contributed by atoms with van der Waals surface area (Å²) in [5.74, 6) is 1.18. The highest BCUT2D eigenvalue weighted by atomic mass is 16.5. The molecule has 0 aliphatic carbocycles. The molecule has 3 aromatic rings. The van der Waals surface area contributed by atoms with Crippen LogP contribution < -0.4 is 5.73 Å². The van der Waals surface area contributed by atoms with Crippen molar-refractivity contribution in [1.29, 1.82) is 0 Å². The fraction of sp³-hybridized carbons (Fsp3) is 0.200. The summed E-state index contributed by atoms with van der Waals surface area (Å²) in [6, 6.07) is 9.59. The number of benzene rings is 1. The van der Waals surface area contributed by atoms with Crippen molar-refractivity contribution in [1.82, 2.24) is 20.1 Å². The summed E-state index contributed by atoms with van der Waals surface area (Å²) in [6.07, 6.45) is 4.06. The van der Waals surface area contributed by atoms with Crippen LogP contribution >= 0.6 is 0 Å². The number of hydrogen-bond acceptors (Lipinski definition) is 6. The van der Waals surface area contributed by atoms with Gasteiger partial charge in [0.05, 0.1) is 6.04 Å². The molecule has 21 heavy (non-hydrogen) atoms. The minimum atomic E-state index is -0.348. The summed E-state index contributed by atoms with van der Waals surface area (Å²) in [6.45, 7) is 1.92. The Morgan fingerprint density at radius 1 is 1.10 bits per heavy atom. The van der Waals surface area contributed by atoms with Crippen LogP contribution in [0.3, 0.4) is 0 Å². The van der Waals surface area contributed by atoms with Crippen LogP contribution in [-0.4, -0.2) is 20.1 Å². The standard InChI is InChI=1S/C15H15N5O/c1-10-8-17-13(18-9-10)14-19-15(21-20-14)12(16)7-11-5-3-2-4-6-11/h2-6,8-9,12H,7,16H2,1H3/t12-/m1/s1. The first kappa shape index (κ1) is 13.4. The zero-order chi connectivity index (χ0) is 14.7. The average Bonchev–Trinajstić information content (AvgIpc) is 2.99. The second-order valence-electron chi connectivity index (χ2n) is 4.84. The molecule has 0 bridgehead atoms. The number of hydrogen-bond donors (Lipinski definition) is 1. The van der Waals surface area contributed by atoms with Gasteiger partial charge in [-0.05, 0) is 24.5 Å². The van der Waals surface area contributed by atoms with E-state index in [-0.39, 0.29) is 6.04 Å². The second-order valence-corrected chi connectivity index (χ2v) is 4.84. The van der Waals surface area contributed by atoms with Gasteiger partial charge in [-0.15, -0.1) is 0 Å². The van der Waals surface area contributed by atoms with Crippen molar-refractivity contribution in [3.63, 3.8) is 0 Å². The molecule has 0 saturated heterocycles. The monoisotopic (exact) mass is 281 g/mol. The molecule has 1 aromatic carbocycles. The van der Waals surface area contributed by atoms with Gasteiger partial charge in [0.2, 0.25) is 17.5 Å². The topological polar surface area (TPSA) is 90.7 Å². The van der Waals surface area contributed by atoms with Crippen molar-refractivity contribution in [3.05, 3.63) is 59.7 Å². The molecular weight excluding hydrogens is 266 g/mol. The summed E-state index contributed by atoms with van der Waals surface area (Å²) in [4.78, 5) is 12.6. The Labute approximate surface area is 122 Å². The third-order valence-electron chi connectivity index (χ3n) is 3.04. The predicted molar refractivity (Wildman–Crippen MR) is 77.1 cm³/mol. The molecule has 0 unspecified atom stereocenters. The number of nitrogens with two attached hydrogens (primary N) is 1. The maximum absolute atomic E-state index is 6.11. The molecular formula is C15H15N5O. The summed E-state index contributed by atoms with van der Waals surface area (Å²) < 4.78 is 5.22. The highest BCUT2D eigenvalue weighted by molar-refractivity contribution is 5.41. The molecule has 0 aliphatic heterocycles. The van der Waals surface area contributed by atoms with Gasteiger partial charge in [-0.2, -0.15) is 4.98 Å². The summed E-state index contributed by atoms with van der Waals surface area (Å²) in [5.41, 5.74) is 8.20. The molecule has 106 valence electrons. The molecule has 0 aliphatic rings. The van der Waals surface area contributed by atoms with Crippen LogP contribution in [0.15, 0.2) is 47.2 Å². The lowest BCUT2D eigenvalue weighted by molar-refractivity contribution is 0.354. The van der Waals surface area contributed by atoms with Crippen LogP contribution in [0, 0.1) is 6.92 Å². The first-order valence-electron chi connectivity index (χ1n) is 6.64. The zero-order valence-electron chi connectivity index (χ0n) is 11.6.